The van der Waals surface area contributed by atoms with E-state index in [4.69, 9.17) is 0 Å². The summed E-state index contributed by atoms with van der Waals surface area (Å²) in [6, 6.07) is -6.56. The Labute approximate surface area is 426 Å². The van der Waals surface area contributed by atoms with Crippen LogP contribution < -0.4 is 26.6 Å². The van der Waals surface area contributed by atoms with Gasteiger partial charge < -0.3 is 82.3 Å². The van der Waals surface area contributed by atoms with Gasteiger partial charge in [0.2, 0.25) is 41.4 Å². The number of aromatic hydroxyl groups is 1. The highest BCUT2D eigenvalue weighted by molar-refractivity contribution is 5.98. The van der Waals surface area contributed by atoms with Gasteiger partial charge in [0.15, 0.2) is 6.23 Å². The van der Waals surface area contributed by atoms with E-state index < -0.39 is 152 Å². The summed E-state index contributed by atoms with van der Waals surface area (Å²) in [7, 11) is 0. The molecule has 15 atom stereocenters. The number of hydrogen-bond acceptors (Lipinski definition) is 16. The molecule has 0 bridgehead atoms. The van der Waals surface area contributed by atoms with Crippen molar-refractivity contribution in [1.82, 2.24) is 36.4 Å². The number of nitrogens with one attached hydrogen (secondary N) is 5. The summed E-state index contributed by atoms with van der Waals surface area (Å²) in [4.78, 5) is 100. The number of amides is 7. The Hall–Kier alpha value is -5.01. The predicted molar refractivity (Wildman–Crippen MR) is 262 cm³/mol. The summed E-state index contributed by atoms with van der Waals surface area (Å²) in [5, 5.41) is 110. The van der Waals surface area contributed by atoms with Crippen molar-refractivity contribution in [2.75, 3.05) is 13.1 Å². The van der Waals surface area contributed by atoms with E-state index in [1.54, 1.807) is 0 Å². The molecule has 7 amide bonds. The van der Waals surface area contributed by atoms with E-state index in [2.05, 4.69) is 33.5 Å². The number of carbonyl (C=O) groups excluding carboxylic acids is 7. The molecule has 0 spiro atoms. The molecule has 1 aromatic carbocycles. The van der Waals surface area contributed by atoms with Crippen molar-refractivity contribution in [1.29, 1.82) is 0 Å². The van der Waals surface area contributed by atoms with Gasteiger partial charge in [-0.05, 0) is 38.0 Å². The highest BCUT2D eigenvalue weighted by Gasteiger charge is 2.50. The summed E-state index contributed by atoms with van der Waals surface area (Å²) < 4.78 is 0. The number of aliphatic hydroxyl groups excluding tert-OH is 8. The second kappa shape index (κ2) is 29.2. The van der Waals surface area contributed by atoms with Crippen molar-refractivity contribution in [2.45, 2.75) is 216 Å². The molecule has 14 N–H and O–H groups in total. The van der Waals surface area contributed by atoms with Crippen molar-refractivity contribution in [3.8, 4) is 5.75 Å². The van der Waals surface area contributed by atoms with Gasteiger partial charge in [-0.3, -0.25) is 33.6 Å². The average Bonchev–Trinajstić information content (AvgIpc) is 3.89. The summed E-state index contributed by atoms with van der Waals surface area (Å²) in [6.07, 6.45) is -2.52. The maximum absolute atomic E-state index is 14.3. The minimum absolute atomic E-state index is 0.0494. The molecule has 3 fully saturated rings. The average molecular weight is 1040 g/mol. The van der Waals surface area contributed by atoms with E-state index in [1.807, 2.05) is 0 Å². The van der Waals surface area contributed by atoms with Gasteiger partial charge >= 0.3 is 0 Å². The topological polar surface area (TPSA) is 368 Å². The zero-order chi connectivity index (χ0) is 54.1. The van der Waals surface area contributed by atoms with Crippen LogP contribution in [0.4, 0.5) is 0 Å². The smallest absolute Gasteiger partial charge is 0.248 e. The fourth-order valence-corrected chi connectivity index (χ4v) is 9.59. The normalized spacial score (nSPS) is 29.7. The van der Waals surface area contributed by atoms with Gasteiger partial charge in [-0.15, -0.1) is 0 Å². The summed E-state index contributed by atoms with van der Waals surface area (Å²) >= 11 is 0. The maximum Gasteiger partial charge on any atom is 0.248 e. The van der Waals surface area contributed by atoms with Crippen LogP contribution in [0.25, 0.3) is 0 Å². The fourth-order valence-electron chi connectivity index (χ4n) is 9.59. The Morgan fingerprint density at radius 2 is 1.15 bits per heavy atom. The number of nitrogens with zero attached hydrogens (tertiary/aromatic N) is 2. The number of aliphatic hydroxyl groups is 8. The molecule has 1 aromatic rings. The van der Waals surface area contributed by atoms with E-state index in [0.29, 0.717) is 12.8 Å². The van der Waals surface area contributed by atoms with E-state index in [1.165, 1.54) is 64.0 Å². The summed E-state index contributed by atoms with van der Waals surface area (Å²) in [6.45, 7) is 5.01. The predicted octanol–water partition coefficient (Wildman–Crippen LogP) is -1.66. The zero-order valence-electron chi connectivity index (χ0n) is 42.5. The lowest BCUT2D eigenvalue weighted by Crippen LogP contribution is -2.64. The molecule has 3 heterocycles. The molecule has 3 saturated heterocycles. The fraction of sp³-hybridized carbons (Fsp3) is 0.740. The van der Waals surface area contributed by atoms with E-state index >= 15 is 0 Å². The van der Waals surface area contributed by atoms with E-state index in [9.17, 15) is 79.5 Å². The van der Waals surface area contributed by atoms with Crippen molar-refractivity contribution in [3.05, 3.63) is 29.8 Å². The quantitative estimate of drug-likeness (QED) is 0.0650. The Bertz CT molecular complexity index is 1980. The molecule has 0 radical (unpaired) electrons. The number of phenols is 1. The maximum atomic E-state index is 14.3. The van der Waals surface area contributed by atoms with Crippen LogP contribution in [0.5, 0.6) is 5.75 Å². The molecule has 0 saturated carbocycles. The van der Waals surface area contributed by atoms with Crippen LogP contribution in [0.2, 0.25) is 0 Å². The lowest BCUT2D eigenvalue weighted by molar-refractivity contribution is -0.148. The molecule has 0 aliphatic carbocycles. The minimum atomic E-state index is -2.27. The monoisotopic (exact) mass is 1040 g/mol. The standard InChI is InChI=1S/C50H81N7O16/c1-5-6-7-8-9-10-11-12-13-14-15-16-17-18-36(63)51-33-24-35(62)46(69)55-48(71)40-41(64)27(2)25-57(40)50(73)38(29(4)59)53-47(70)39(43(66)42(65)30-19-21-31(60)22-20-30)54-45(68)34-23-32(61)26-56(34)49(72)37(28(3)58)52-44(33)67/h19-22,27-29,32-35,37-43,46,58-62,64-66,69H,5-18,23-26H2,1-4H3,(H,51,63)(H,52,67)(H,53,70)(H,54,68)(H,55,71)/t27-,28-,29-,32+,33-,34+,35-,37-,38+,39-,40-,41-,42-,43+,46+/m1/s1. The molecule has 23 heteroatoms. The number of hydrogen-bond donors (Lipinski definition) is 14. The number of rotatable bonds is 20. The third-order valence-corrected chi connectivity index (χ3v) is 14.0. The first-order valence-electron chi connectivity index (χ1n) is 25.9. The van der Waals surface area contributed by atoms with Crippen LogP contribution in [-0.2, 0) is 33.6 Å². The van der Waals surface area contributed by atoms with Gasteiger partial charge in [-0.2, -0.15) is 0 Å². The summed E-state index contributed by atoms with van der Waals surface area (Å²) in [5.41, 5.74) is -0.0586. The SMILES string of the molecule is CCCCCCCCCCCCCCCC(=O)N[C@@H]1C[C@@H](O)[C@H](O)NC(=O)[C@H]2[C@H](O)[C@H](C)CN2C(=O)[C@H]([C@@H](C)O)NC(=O)[C@@H]([C@H](O)[C@H](O)c2ccc(O)cc2)NC(=O)[C@@H]2C[C@H](O)CN2C(=O)[C@@H]([C@@H](C)O)NC1=O. The molecule has 73 heavy (non-hydrogen) atoms. The second-order valence-electron chi connectivity index (χ2n) is 20.1. The number of phenolic OH excluding ortho intramolecular Hbond substituents is 1. The molecular formula is C50H81N7O16. The van der Waals surface area contributed by atoms with Gasteiger partial charge in [0, 0.05) is 38.3 Å². The molecule has 3 aliphatic rings. The van der Waals surface area contributed by atoms with Gasteiger partial charge in [0.1, 0.15) is 60.3 Å². The molecule has 4 rings (SSSR count). The molecular weight excluding hydrogens is 955 g/mol. The Kier molecular flexibility index (Phi) is 24.2. The van der Waals surface area contributed by atoms with Crippen LogP contribution in [0.1, 0.15) is 142 Å². The highest BCUT2D eigenvalue weighted by atomic mass is 16.3. The second-order valence-corrected chi connectivity index (χ2v) is 20.1. The molecule has 0 unspecified atom stereocenters. The van der Waals surface area contributed by atoms with E-state index in [0.717, 1.165) is 61.5 Å². The molecule has 0 aromatic heterocycles. The van der Waals surface area contributed by atoms with Crippen LogP contribution in [-0.4, -0.2) is 189 Å². The summed E-state index contributed by atoms with van der Waals surface area (Å²) in [5.74, 6) is -8.92. The Morgan fingerprint density at radius 3 is 1.70 bits per heavy atom. The Morgan fingerprint density at radius 1 is 0.644 bits per heavy atom. The highest BCUT2D eigenvalue weighted by Crippen LogP contribution is 2.28. The van der Waals surface area contributed by atoms with Crippen molar-refractivity contribution in [2.24, 2.45) is 5.92 Å². The van der Waals surface area contributed by atoms with E-state index in [-0.39, 0.29) is 24.3 Å². The lowest BCUT2D eigenvalue weighted by atomic mass is 9.96. The molecule has 23 nitrogen and oxygen atoms in total. The first-order valence-corrected chi connectivity index (χ1v) is 25.9. The zero-order valence-corrected chi connectivity index (χ0v) is 42.5. The van der Waals surface area contributed by atoms with Gasteiger partial charge in [0.25, 0.3) is 0 Å². The third kappa shape index (κ3) is 17.3. The number of fused-ring (bicyclic) bond motifs is 2. The first-order chi connectivity index (χ1) is 34.6. The third-order valence-electron chi connectivity index (χ3n) is 14.0. The van der Waals surface area contributed by atoms with Crippen molar-refractivity contribution < 1.29 is 79.5 Å². The first kappa shape index (κ1) is 60.5. The van der Waals surface area contributed by atoms with Crippen molar-refractivity contribution in [3.63, 3.8) is 0 Å². The molecule has 412 valence electrons. The van der Waals surface area contributed by atoms with Gasteiger partial charge in [-0.25, -0.2) is 0 Å². The van der Waals surface area contributed by atoms with Gasteiger partial charge in [0.05, 0.1) is 24.4 Å². The molecule has 3 aliphatic heterocycles. The number of unbranched alkanes of at least 4 members (excludes halogenated alkanes) is 12. The lowest BCUT2D eigenvalue weighted by Gasteiger charge is -2.34. The van der Waals surface area contributed by atoms with Crippen LogP contribution in [0, 0.1) is 5.92 Å². The Balaban J connectivity index is 1.64. The van der Waals surface area contributed by atoms with Crippen molar-refractivity contribution >= 4 is 41.4 Å². The van der Waals surface area contributed by atoms with Crippen LogP contribution in [0.15, 0.2) is 24.3 Å². The minimum Gasteiger partial charge on any atom is -0.508 e. The number of carbonyl (C=O) groups is 7. The van der Waals surface area contributed by atoms with Crippen LogP contribution in [0.3, 0.4) is 0 Å². The van der Waals surface area contributed by atoms with Crippen LogP contribution >= 0.6 is 0 Å². The number of benzene rings is 1. The van der Waals surface area contributed by atoms with Gasteiger partial charge in [-0.1, -0.05) is 103 Å². The largest absolute Gasteiger partial charge is 0.508 e.